The zero-order valence-electron chi connectivity index (χ0n) is 24.9. The lowest BCUT2D eigenvalue weighted by Gasteiger charge is -2.42. The lowest BCUT2D eigenvalue weighted by molar-refractivity contribution is -0.157. The molecule has 2 fully saturated rings. The van der Waals surface area contributed by atoms with Crippen LogP contribution in [0.4, 0.5) is 5.82 Å². The third kappa shape index (κ3) is 5.88. The summed E-state index contributed by atoms with van der Waals surface area (Å²) >= 11 is 0. The maximum atomic E-state index is 12.1. The number of piperazine rings is 1. The van der Waals surface area contributed by atoms with Crippen LogP contribution in [-0.4, -0.2) is 73.9 Å². The first kappa shape index (κ1) is 27.5. The summed E-state index contributed by atoms with van der Waals surface area (Å²) in [7, 11) is 0. The highest BCUT2D eigenvalue weighted by molar-refractivity contribution is 5.92. The predicted octanol–water partition coefficient (Wildman–Crippen LogP) is 5.35. The summed E-state index contributed by atoms with van der Waals surface area (Å²) in [6.45, 7) is 16.3. The van der Waals surface area contributed by atoms with E-state index in [1.165, 1.54) is 0 Å². The van der Waals surface area contributed by atoms with Gasteiger partial charge in [-0.1, -0.05) is 0 Å². The molecule has 10 heteroatoms. The van der Waals surface area contributed by atoms with E-state index in [2.05, 4.69) is 35.6 Å². The van der Waals surface area contributed by atoms with Crippen molar-refractivity contribution < 1.29 is 18.7 Å². The van der Waals surface area contributed by atoms with Crippen molar-refractivity contribution in [1.82, 2.24) is 24.5 Å². The molecule has 218 valence electrons. The molecule has 5 heterocycles. The van der Waals surface area contributed by atoms with Crippen LogP contribution in [0.3, 0.4) is 0 Å². The van der Waals surface area contributed by atoms with Gasteiger partial charge >= 0.3 is 5.97 Å². The number of fused-ring (bicyclic) bond motifs is 2. The Hall–Kier alpha value is -3.66. The van der Waals surface area contributed by atoms with Crippen molar-refractivity contribution in [1.29, 1.82) is 0 Å². The first-order valence-electron chi connectivity index (χ1n) is 14.6. The fourth-order valence-electron chi connectivity index (χ4n) is 5.73. The zero-order valence-corrected chi connectivity index (χ0v) is 24.9. The number of ether oxygens (including phenoxy) is 2. The standard InChI is InChI=1S/C31H40N6O4/c1-30(2,3)36-13-11-35(12-14-36)29-22-18-25(40-24(22)9-10-32-29)23-19-33-26-7-8-27(34-37(23)26)39-21-15-20(16-21)17-28(38)41-31(4,5)6/h7-10,18-21H,11-17H2,1-6H3. The lowest BCUT2D eigenvalue weighted by Crippen LogP contribution is -2.53. The molecule has 0 amide bonds. The number of esters is 1. The number of imidazole rings is 1. The molecule has 41 heavy (non-hydrogen) atoms. The molecule has 0 N–H and O–H groups in total. The van der Waals surface area contributed by atoms with Gasteiger partial charge in [0.05, 0.1) is 11.6 Å². The number of aromatic nitrogens is 4. The van der Waals surface area contributed by atoms with E-state index in [0.717, 1.165) is 61.5 Å². The number of carbonyl (C=O) groups is 1. The van der Waals surface area contributed by atoms with Crippen LogP contribution in [-0.2, 0) is 9.53 Å². The Kier molecular flexibility index (Phi) is 6.92. The maximum Gasteiger partial charge on any atom is 0.306 e. The quantitative estimate of drug-likeness (QED) is 0.289. The minimum absolute atomic E-state index is 0.0259. The molecule has 2 aliphatic rings. The van der Waals surface area contributed by atoms with E-state index in [4.69, 9.17) is 24.0 Å². The van der Waals surface area contributed by atoms with Crippen molar-refractivity contribution in [3.8, 4) is 17.3 Å². The van der Waals surface area contributed by atoms with Crippen molar-refractivity contribution >= 4 is 28.4 Å². The number of pyridine rings is 1. The Morgan fingerprint density at radius 2 is 1.78 bits per heavy atom. The minimum atomic E-state index is -0.460. The molecule has 4 aromatic heterocycles. The molecule has 1 aliphatic heterocycles. The van der Waals surface area contributed by atoms with Gasteiger partial charge in [-0.2, -0.15) is 0 Å². The highest BCUT2D eigenvalue weighted by atomic mass is 16.6. The number of hydrogen-bond donors (Lipinski definition) is 0. The van der Waals surface area contributed by atoms with Gasteiger partial charge in [0.15, 0.2) is 11.4 Å². The summed E-state index contributed by atoms with van der Waals surface area (Å²) < 4.78 is 19.7. The molecule has 0 aromatic carbocycles. The van der Waals surface area contributed by atoms with E-state index in [0.29, 0.717) is 23.7 Å². The number of nitrogens with zero attached hydrogens (tertiary/aromatic N) is 6. The number of anilines is 1. The van der Waals surface area contributed by atoms with Crippen LogP contribution in [0.1, 0.15) is 60.8 Å². The summed E-state index contributed by atoms with van der Waals surface area (Å²) in [5.41, 5.74) is 1.95. The lowest BCUT2D eigenvalue weighted by atomic mass is 9.80. The van der Waals surface area contributed by atoms with Crippen LogP contribution < -0.4 is 9.64 Å². The molecule has 0 unspecified atom stereocenters. The summed E-state index contributed by atoms with van der Waals surface area (Å²) in [5, 5.41) is 5.72. The van der Waals surface area contributed by atoms with E-state index in [1.54, 1.807) is 10.7 Å². The molecule has 10 nitrogen and oxygen atoms in total. The fourth-order valence-corrected chi connectivity index (χ4v) is 5.73. The van der Waals surface area contributed by atoms with Crippen molar-refractivity contribution in [2.45, 2.75) is 78.0 Å². The Morgan fingerprint density at radius 1 is 1.02 bits per heavy atom. The number of carbonyl (C=O) groups excluding carboxylic acids is 1. The van der Waals surface area contributed by atoms with E-state index >= 15 is 0 Å². The third-order valence-electron chi connectivity index (χ3n) is 7.90. The van der Waals surface area contributed by atoms with E-state index < -0.39 is 5.60 Å². The molecular formula is C31H40N6O4. The van der Waals surface area contributed by atoms with Crippen LogP contribution in [0.25, 0.3) is 28.1 Å². The topological polar surface area (TPSA) is 98.2 Å². The molecule has 1 saturated carbocycles. The van der Waals surface area contributed by atoms with Crippen LogP contribution in [0, 0.1) is 5.92 Å². The largest absolute Gasteiger partial charge is 0.473 e. The first-order chi connectivity index (χ1) is 19.4. The van der Waals surface area contributed by atoms with Gasteiger partial charge in [-0.3, -0.25) is 9.69 Å². The average molecular weight is 561 g/mol. The second-order valence-electron chi connectivity index (χ2n) is 13.3. The van der Waals surface area contributed by atoms with Crippen molar-refractivity contribution in [2.24, 2.45) is 5.92 Å². The van der Waals surface area contributed by atoms with Gasteiger partial charge in [0.25, 0.3) is 0 Å². The highest BCUT2D eigenvalue weighted by Gasteiger charge is 2.34. The summed E-state index contributed by atoms with van der Waals surface area (Å²) in [5.74, 6) is 2.27. The first-order valence-corrected chi connectivity index (χ1v) is 14.6. The number of hydrogen-bond acceptors (Lipinski definition) is 9. The SMILES string of the molecule is CC(C)(C)OC(=O)CC1CC(Oc2ccc3ncc(-c4cc5c(N6CCN(C(C)(C)C)CC6)nccc5o4)n3n2)C1. The van der Waals surface area contributed by atoms with Crippen LogP contribution in [0.5, 0.6) is 5.88 Å². The van der Waals surface area contributed by atoms with E-state index in [-0.39, 0.29) is 23.5 Å². The third-order valence-corrected chi connectivity index (χ3v) is 7.90. The van der Waals surface area contributed by atoms with Gasteiger partial charge in [-0.25, -0.2) is 14.5 Å². The molecule has 6 rings (SSSR count). The van der Waals surface area contributed by atoms with Crippen LogP contribution in [0.2, 0.25) is 0 Å². The second kappa shape index (κ2) is 10.3. The molecule has 1 aliphatic carbocycles. The fraction of sp³-hybridized carbons (Fsp3) is 0.548. The Balaban J connectivity index is 1.16. The van der Waals surface area contributed by atoms with Crippen LogP contribution >= 0.6 is 0 Å². The van der Waals surface area contributed by atoms with Crippen molar-refractivity contribution in [3.05, 3.63) is 36.7 Å². The van der Waals surface area contributed by atoms with E-state index in [9.17, 15) is 4.79 Å². The monoisotopic (exact) mass is 560 g/mol. The van der Waals surface area contributed by atoms with Gasteiger partial charge < -0.3 is 18.8 Å². The molecule has 0 bridgehead atoms. The van der Waals surface area contributed by atoms with Gasteiger partial charge in [0.2, 0.25) is 5.88 Å². The molecule has 0 spiro atoms. The van der Waals surface area contributed by atoms with E-state index in [1.807, 2.05) is 51.2 Å². The summed E-state index contributed by atoms with van der Waals surface area (Å²) in [4.78, 5) is 26.3. The number of furan rings is 1. The average Bonchev–Trinajstić information content (AvgIpc) is 3.49. The molecule has 1 saturated heterocycles. The predicted molar refractivity (Wildman–Crippen MR) is 157 cm³/mol. The molecule has 0 radical (unpaired) electrons. The van der Waals surface area contributed by atoms with Crippen molar-refractivity contribution in [2.75, 3.05) is 31.1 Å². The van der Waals surface area contributed by atoms with Gasteiger partial charge in [0.1, 0.15) is 28.8 Å². The summed E-state index contributed by atoms with van der Waals surface area (Å²) in [6, 6.07) is 7.68. The van der Waals surface area contributed by atoms with Gasteiger partial charge in [0, 0.05) is 50.4 Å². The van der Waals surface area contributed by atoms with Gasteiger partial charge in [-0.05, 0) is 78.5 Å². The Morgan fingerprint density at radius 3 is 2.49 bits per heavy atom. The molecular weight excluding hydrogens is 520 g/mol. The number of rotatable bonds is 6. The smallest absolute Gasteiger partial charge is 0.306 e. The normalized spacial score (nSPS) is 20.4. The zero-order chi connectivity index (χ0) is 28.9. The molecule has 0 atom stereocenters. The van der Waals surface area contributed by atoms with Crippen molar-refractivity contribution in [3.63, 3.8) is 0 Å². The van der Waals surface area contributed by atoms with Crippen LogP contribution in [0.15, 0.2) is 41.1 Å². The Bertz CT molecular complexity index is 1550. The Labute approximate surface area is 240 Å². The van der Waals surface area contributed by atoms with Gasteiger partial charge in [-0.15, -0.1) is 5.10 Å². The second-order valence-corrected chi connectivity index (χ2v) is 13.3. The maximum absolute atomic E-state index is 12.1. The molecule has 4 aromatic rings. The minimum Gasteiger partial charge on any atom is -0.473 e. The highest BCUT2D eigenvalue weighted by Crippen LogP contribution is 2.36. The summed E-state index contributed by atoms with van der Waals surface area (Å²) in [6.07, 6.45) is 5.65.